The summed E-state index contributed by atoms with van der Waals surface area (Å²) in [5, 5.41) is 10.7. The Morgan fingerprint density at radius 1 is 0.274 bits per heavy atom. The van der Waals surface area contributed by atoms with Gasteiger partial charge in [-0.15, -0.1) is 0 Å². The zero-order valence-corrected chi connectivity index (χ0v) is 68.1. The van der Waals surface area contributed by atoms with Crippen molar-refractivity contribution in [2.75, 3.05) is 39.6 Å². The van der Waals surface area contributed by atoms with Gasteiger partial charge in [0, 0.05) is 25.7 Å². The summed E-state index contributed by atoms with van der Waals surface area (Å²) in [4.78, 5) is 73.1. The minimum Gasteiger partial charge on any atom is -0.462 e. The van der Waals surface area contributed by atoms with E-state index >= 15 is 0 Å². The van der Waals surface area contributed by atoms with E-state index in [-0.39, 0.29) is 25.7 Å². The smallest absolute Gasteiger partial charge is 0.462 e. The van der Waals surface area contributed by atoms with E-state index in [1.165, 1.54) is 77.0 Å². The number of ether oxygens (including phenoxy) is 4. The number of phosphoric acid groups is 2. The molecule has 0 aromatic rings. The molecule has 3 N–H and O–H groups in total. The molecule has 106 heavy (non-hydrogen) atoms. The van der Waals surface area contributed by atoms with Gasteiger partial charge in [0.25, 0.3) is 0 Å². The van der Waals surface area contributed by atoms with Crippen molar-refractivity contribution in [1.29, 1.82) is 0 Å². The Bertz CT molecular complexity index is 2580. The summed E-state index contributed by atoms with van der Waals surface area (Å²) in [7, 11) is -10.0. The lowest BCUT2D eigenvalue weighted by Crippen LogP contribution is -2.30. The highest BCUT2D eigenvalue weighted by Crippen LogP contribution is 2.45. The Balaban J connectivity index is 5.49. The Morgan fingerprint density at radius 2 is 0.519 bits per heavy atom. The molecule has 0 aliphatic heterocycles. The van der Waals surface area contributed by atoms with Crippen molar-refractivity contribution < 1.29 is 80.2 Å². The predicted octanol–water partition coefficient (Wildman–Crippen LogP) is 24.2. The molecular formula is C87H146O17P2. The monoisotopic (exact) mass is 1530 g/mol. The second kappa shape index (κ2) is 78.1. The molecular weight excluding hydrogens is 1380 g/mol. The fraction of sp³-hybridized carbons (Fsp3) is 0.678. The fourth-order valence-electron chi connectivity index (χ4n) is 10.5. The molecule has 606 valence electrons. The predicted molar refractivity (Wildman–Crippen MR) is 436 cm³/mol. The van der Waals surface area contributed by atoms with Gasteiger partial charge in [0.1, 0.15) is 19.3 Å². The van der Waals surface area contributed by atoms with Crippen LogP contribution in [0.1, 0.15) is 323 Å². The summed E-state index contributed by atoms with van der Waals surface area (Å²) in [5.41, 5.74) is 0. The van der Waals surface area contributed by atoms with Crippen LogP contribution in [0.3, 0.4) is 0 Å². The first-order valence-corrected chi connectivity index (χ1v) is 44.1. The van der Waals surface area contributed by atoms with Gasteiger partial charge in [-0.3, -0.25) is 37.3 Å². The summed E-state index contributed by atoms with van der Waals surface area (Å²) < 4.78 is 68.5. The van der Waals surface area contributed by atoms with Gasteiger partial charge in [-0.2, -0.15) is 0 Å². The van der Waals surface area contributed by atoms with Gasteiger partial charge in [0.15, 0.2) is 12.2 Å². The minimum absolute atomic E-state index is 0.0140. The van der Waals surface area contributed by atoms with Crippen molar-refractivity contribution in [2.45, 2.75) is 341 Å². The molecule has 0 bridgehead atoms. The third-order valence-electron chi connectivity index (χ3n) is 16.8. The minimum atomic E-state index is -5.00. The van der Waals surface area contributed by atoms with Gasteiger partial charge in [-0.1, -0.05) is 289 Å². The molecule has 5 atom stereocenters. The first-order chi connectivity index (χ1) is 51.7. The van der Waals surface area contributed by atoms with E-state index in [4.69, 9.17) is 37.0 Å². The standard InChI is InChI=1S/C87H146O17P2/c1-5-9-13-17-21-25-29-33-37-39-40-42-45-48-52-56-60-64-68-72-85(90)98-78-82(103-86(91)73-69-65-61-57-53-49-44-36-32-28-24-20-16-12-8-4)79-101-105(93,94)99-75-81(88)76-100-106(95,96)102-80-83(77-97-84(89)71-67-63-59-55-51-47-43-35-31-27-23-19-15-11-7-3)104-87(92)74-70-66-62-58-54-50-46-41-38-34-30-26-22-18-14-10-6-2/h9,13,21-22,25-28,31-34,37-38,40,42,46,48,50,52,58,60,62,64,81-83,88H,5-8,10-12,14-20,23-24,29-30,35-36,39,41,43-45,47,49,51,53-57,59,61,63,65-80H2,1-4H3,(H,93,94)(H,95,96)/b13-9-,25-21-,26-22-,31-27-,32-28-,37-33-,38-34-,42-40-,50-46-,52-48-,62-58-,64-60-/t81-,82-,83-/m1/s1. The normalized spacial score (nSPS) is 14.6. The Morgan fingerprint density at radius 3 is 0.877 bits per heavy atom. The van der Waals surface area contributed by atoms with Crippen molar-refractivity contribution in [2.24, 2.45) is 0 Å². The number of rotatable bonds is 76. The maximum Gasteiger partial charge on any atom is 0.472 e. The number of unbranched alkanes of at least 4 members (excludes halogenated alkanes) is 26. The van der Waals surface area contributed by atoms with Gasteiger partial charge in [0.2, 0.25) is 0 Å². The first-order valence-electron chi connectivity index (χ1n) is 41.1. The van der Waals surface area contributed by atoms with Crippen LogP contribution in [0.25, 0.3) is 0 Å². The molecule has 0 heterocycles. The summed E-state index contributed by atoms with van der Waals surface area (Å²) >= 11 is 0. The summed E-state index contributed by atoms with van der Waals surface area (Å²) in [5.74, 6) is -2.35. The van der Waals surface area contributed by atoms with Crippen LogP contribution < -0.4 is 0 Å². The third kappa shape index (κ3) is 77.1. The highest BCUT2D eigenvalue weighted by Gasteiger charge is 2.30. The molecule has 0 fully saturated rings. The molecule has 0 aromatic carbocycles. The number of hydrogen-bond donors (Lipinski definition) is 3. The molecule has 0 saturated carbocycles. The van der Waals surface area contributed by atoms with Crippen LogP contribution in [0.2, 0.25) is 0 Å². The zero-order valence-electron chi connectivity index (χ0n) is 66.3. The lowest BCUT2D eigenvalue weighted by atomic mass is 10.1. The van der Waals surface area contributed by atoms with E-state index in [1.807, 2.05) is 30.4 Å². The Hall–Kier alpha value is -5.06. The quantitative estimate of drug-likeness (QED) is 0.0169. The first kappa shape index (κ1) is 101. The van der Waals surface area contributed by atoms with Crippen LogP contribution in [0.15, 0.2) is 146 Å². The number of hydrogen-bond acceptors (Lipinski definition) is 15. The zero-order chi connectivity index (χ0) is 77.4. The van der Waals surface area contributed by atoms with Crippen molar-refractivity contribution in [3.05, 3.63) is 146 Å². The van der Waals surface area contributed by atoms with Gasteiger partial charge >= 0.3 is 39.5 Å². The number of esters is 4. The number of phosphoric ester groups is 2. The van der Waals surface area contributed by atoms with Crippen molar-refractivity contribution in [1.82, 2.24) is 0 Å². The lowest BCUT2D eigenvalue weighted by molar-refractivity contribution is -0.161. The third-order valence-corrected chi connectivity index (χ3v) is 18.7. The average Bonchev–Trinajstić information content (AvgIpc) is 0.905. The van der Waals surface area contributed by atoms with E-state index in [2.05, 4.69) is 143 Å². The fourth-order valence-corrected chi connectivity index (χ4v) is 12.1. The van der Waals surface area contributed by atoms with Crippen LogP contribution in [-0.4, -0.2) is 96.7 Å². The number of carbonyl (C=O) groups excluding carboxylic acids is 4. The van der Waals surface area contributed by atoms with Crippen LogP contribution >= 0.6 is 15.6 Å². The van der Waals surface area contributed by atoms with Crippen molar-refractivity contribution in [3.8, 4) is 0 Å². The van der Waals surface area contributed by atoms with Gasteiger partial charge in [0.05, 0.1) is 26.4 Å². The molecule has 2 unspecified atom stereocenters. The van der Waals surface area contributed by atoms with Crippen LogP contribution in [0.5, 0.6) is 0 Å². The second-order valence-electron chi connectivity index (χ2n) is 27.0. The van der Waals surface area contributed by atoms with Crippen molar-refractivity contribution >= 4 is 39.5 Å². The highest BCUT2D eigenvalue weighted by atomic mass is 31.2. The second-order valence-corrected chi connectivity index (χ2v) is 29.9. The molecule has 0 saturated heterocycles. The number of allylic oxidation sites excluding steroid dienone is 24. The molecule has 0 aromatic heterocycles. The van der Waals surface area contributed by atoms with Gasteiger partial charge in [-0.05, 0) is 154 Å². The Kier molecular flexibility index (Phi) is 74.3. The molecule has 17 nitrogen and oxygen atoms in total. The molecule has 0 aliphatic rings. The van der Waals surface area contributed by atoms with E-state index in [9.17, 15) is 43.2 Å². The average molecular weight is 1530 g/mol. The number of carbonyl (C=O) groups is 4. The maximum atomic E-state index is 13.1. The highest BCUT2D eigenvalue weighted by molar-refractivity contribution is 7.47. The number of aliphatic hydroxyl groups excluding tert-OH is 1. The van der Waals surface area contributed by atoms with E-state index < -0.39 is 97.5 Å². The molecule has 0 radical (unpaired) electrons. The van der Waals surface area contributed by atoms with E-state index in [1.54, 1.807) is 0 Å². The summed E-state index contributed by atoms with van der Waals surface area (Å²) in [6, 6.07) is 0. The maximum absolute atomic E-state index is 13.1. The van der Waals surface area contributed by atoms with Crippen LogP contribution in [0.4, 0.5) is 0 Å². The topological polar surface area (TPSA) is 237 Å². The van der Waals surface area contributed by atoms with E-state index in [0.29, 0.717) is 38.5 Å². The summed E-state index contributed by atoms with van der Waals surface area (Å²) in [6.45, 7) is 4.57. The molecule has 0 aliphatic carbocycles. The molecule has 0 rings (SSSR count). The van der Waals surface area contributed by atoms with Crippen LogP contribution in [0, 0.1) is 0 Å². The van der Waals surface area contributed by atoms with E-state index in [0.717, 1.165) is 154 Å². The lowest BCUT2D eigenvalue weighted by Gasteiger charge is -2.21. The number of aliphatic hydroxyl groups is 1. The largest absolute Gasteiger partial charge is 0.472 e. The summed E-state index contributed by atoms with van der Waals surface area (Å²) in [6.07, 6.45) is 89.8. The SMILES string of the molecule is CC/C=C\C/C=C\C/C=C\C/C=C\C/C=C\C/C=C\CCC(=O)OC[C@H](COP(=O)(O)OC[C@@H](O)COP(=O)(O)OC[C@@H](COC(=O)CCCCCCCCC/C=C\CCCCCC)OC(=O)CCC/C=C\C/C=C\C/C=C\C/C=C\CCCCC)OC(=O)CCCCCCCCC/C=C\CCCCCC. The Labute approximate surface area is 643 Å². The van der Waals surface area contributed by atoms with Gasteiger partial charge in [-0.25, -0.2) is 9.13 Å². The van der Waals surface area contributed by atoms with Crippen LogP contribution in [-0.2, 0) is 65.4 Å². The molecule has 19 heteroatoms. The molecule has 0 spiro atoms. The van der Waals surface area contributed by atoms with Gasteiger partial charge < -0.3 is 33.8 Å². The molecule has 0 amide bonds. The van der Waals surface area contributed by atoms with Crippen molar-refractivity contribution in [3.63, 3.8) is 0 Å².